The number of sulfonamides is 1. The molecule has 1 saturated carbocycles. The largest absolute Gasteiger partial charge is 0.330 e. The quantitative estimate of drug-likeness (QED) is 0.636. The summed E-state index contributed by atoms with van der Waals surface area (Å²) in [5, 5.41) is 4.81. The Kier molecular flexibility index (Phi) is 5.16. The van der Waals surface area contributed by atoms with Crippen LogP contribution in [0.15, 0.2) is 36.4 Å². The van der Waals surface area contributed by atoms with Gasteiger partial charge >= 0.3 is 0 Å². The van der Waals surface area contributed by atoms with Crippen molar-refractivity contribution >= 4 is 27.3 Å². The Labute approximate surface area is 187 Å². The smallest absolute Gasteiger partial charge is 0.256 e. The lowest BCUT2D eigenvalue weighted by atomic mass is 9.98. The Morgan fingerprint density at radius 1 is 1.09 bits per heavy atom. The van der Waals surface area contributed by atoms with Crippen LogP contribution in [0.4, 0.5) is 5.69 Å². The fraction of sp³-hybridized carbons (Fsp3) is 0.435. The minimum atomic E-state index is -3.50. The number of rotatable bonds is 5. The van der Waals surface area contributed by atoms with Gasteiger partial charge in [0.2, 0.25) is 10.0 Å². The molecule has 2 fully saturated rings. The maximum Gasteiger partial charge on any atom is 0.256 e. The van der Waals surface area contributed by atoms with E-state index >= 15 is 0 Å². The number of aromatic nitrogens is 3. The fourth-order valence-corrected chi connectivity index (χ4v) is 5.09. The third kappa shape index (κ3) is 4.09. The van der Waals surface area contributed by atoms with Crippen LogP contribution in [0.25, 0.3) is 5.65 Å². The Hall–Kier alpha value is -2.94. The van der Waals surface area contributed by atoms with Crippen LogP contribution in [0.5, 0.6) is 0 Å². The van der Waals surface area contributed by atoms with E-state index in [9.17, 15) is 13.2 Å². The van der Waals surface area contributed by atoms with Gasteiger partial charge in [0.05, 0.1) is 29.2 Å². The highest BCUT2D eigenvalue weighted by atomic mass is 32.2. The van der Waals surface area contributed by atoms with Gasteiger partial charge < -0.3 is 4.90 Å². The van der Waals surface area contributed by atoms with E-state index in [1.54, 1.807) is 24.3 Å². The van der Waals surface area contributed by atoms with Gasteiger partial charge in [0.1, 0.15) is 0 Å². The van der Waals surface area contributed by atoms with Crippen molar-refractivity contribution in [1.29, 1.82) is 0 Å². The van der Waals surface area contributed by atoms with Crippen molar-refractivity contribution in [2.75, 3.05) is 17.5 Å². The first kappa shape index (κ1) is 20.9. The minimum Gasteiger partial charge on any atom is -0.330 e. The van der Waals surface area contributed by atoms with Gasteiger partial charge in [0, 0.05) is 29.9 Å². The number of aryl methyl sites for hydroxylation is 1. The summed E-state index contributed by atoms with van der Waals surface area (Å²) in [4.78, 5) is 20.2. The fourth-order valence-electron chi connectivity index (χ4n) is 4.51. The lowest BCUT2D eigenvalue weighted by Gasteiger charge is -2.35. The van der Waals surface area contributed by atoms with Crippen LogP contribution in [-0.4, -0.2) is 46.6 Å². The van der Waals surface area contributed by atoms with E-state index in [-0.39, 0.29) is 11.9 Å². The number of carbonyl (C=O) groups is 1. The molecule has 1 saturated heterocycles. The van der Waals surface area contributed by atoms with E-state index in [0.717, 1.165) is 48.2 Å². The van der Waals surface area contributed by atoms with Crippen molar-refractivity contribution in [3.63, 3.8) is 0 Å². The van der Waals surface area contributed by atoms with Crippen LogP contribution in [-0.2, 0) is 10.0 Å². The summed E-state index contributed by atoms with van der Waals surface area (Å²) < 4.78 is 27.9. The maximum absolute atomic E-state index is 13.6. The average Bonchev–Trinajstić information content (AvgIpc) is 3.51. The predicted octanol–water partition coefficient (Wildman–Crippen LogP) is 3.65. The number of anilines is 1. The number of amides is 1. The number of nitrogens with one attached hydrogen (secondary N) is 1. The average molecular weight is 454 g/mol. The van der Waals surface area contributed by atoms with Gasteiger partial charge in [-0.2, -0.15) is 5.10 Å². The molecule has 1 aromatic carbocycles. The van der Waals surface area contributed by atoms with E-state index in [1.165, 1.54) is 12.8 Å². The van der Waals surface area contributed by atoms with Crippen LogP contribution in [0, 0.1) is 6.92 Å². The SMILES string of the molecule is Cc1cc(C2CC2)nc2cc([C@H]3CCCCN3C(=O)c3ccccc3NS(C)(=O)=O)nn12. The molecule has 2 aromatic heterocycles. The van der Waals surface area contributed by atoms with Crippen molar-refractivity contribution in [3.05, 3.63) is 59.0 Å². The van der Waals surface area contributed by atoms with Crippen molar-refractivity contribution in [2.45, 2.75) is 51.0 Å². The molecule has 3 heterocycles. The number of para-hydroxylation sites is 1. The van der Waals surface area contributed by atoms with Crippen molar-refractivity contribution in [1.82, 2.24) is 19.5 Å². The Morgan fingerprint density at radius 3 is 2.62 bits per heavy atom. The molecule has 0 unspecified atom stereocenters. The zero-order valence-corrected chi connectivity index (χ0v) is 19.1. The maximum atomic E-state index is 13.6. The second-order valence-electron chi connectivity index (χ2n) is 8.87. The zero-order chi connectivity index (χ0) is 22.5. The van der Waals surface area contributed by atoms with Gasteiger partial charge in [-0.15, -0.1) is 0 Å². The lowest BCUT2D eigenvalue weighted by Crippen LogP contribution is -2.39. The molecule has 1 atom stereocenters. The molecule has 1 N–H and O–H groups in total. The molecule has 5 rings (SSSR count). The molecule has 32 heavy (non-hydrogen) atoms. The normalized spacial score (nSPS) is 19.3. The van der Waals surface area contributed by atoms with E-state index in [1.807, 2.05) is 22.4 Å². The molecule has 8 nitrogen and oxygen atoms in total. The van der Waals surface area contributed by atoms with Gasteiger partial charge in [-0.1, -0.05) is 12.1 Å². The Bertz CT molecular complexity index is 1300. The number of benzene rings is 1. The summed E-state index contributed by atoms with van der Waals surface area (Å²) >= 11 is 0. The molecule has 9 heteroatoms. The summed E-state index contributed by atoms with van der Waals surface area (Å²) in [5.74, 6) is 0.366. The van der Waals surface area contributed by atoms with Crippen molar-refractivity contribution < 1.29 is 13.2 Å². The van der Waals surface area contributed by atoms with Gasteiger partial charge in [-0.05, 0) is 57.2 Å². The van der Waals surface area contributed by atoms with Gasteiger partial charge in [-0.3, -0.25) is 9.52 Å². The molecular formula is C23H27N5O3S. The highest BCUT2D eigenvalue weighted by Crippen LogP contribution is 2.40. The topological polar surface area (TPSA) is 96.7 Å². The number of likely N-dealkylation sites (tertiary alicyclic amines) is 1. The molecule has 1 amide bonds. The molecule has 0 bridgehead atoms. The Balaban J connectivity index is 1.50. The number of fused-ring (bicyclic) bond motifs is 1. The van der Waals surface area contributed by atoms with Gasteiger partial charge in [-0.25, -0.2) is 17.9 Å². The number of hydrogen-bond acceptors (Lipinski definition) is 5. The second-order valence-corrected chi connectivity index (χ2v) is 10.6. The summed E-state index contributed by atoms with van der Waals surface area (Å²) in [5.41, 5.74) is 4.46. The first-order valence-electron chi connectivity index (χ1n) is 11.1. The highest BCUT2D eigenvalue weighted by Gasteiger charge is 2.32. The molecule has 1 aliphatic carbocycles. The van der Waals surface area contributed by atoms with Crippen LogP contribution in [0.3, 0.4) is 0 Å². The number of nitrogens with zero attached hydrogens (tertiary/aromatic N) is 4. The van der Waals surface area contributed by atoms with Gasteiger partial charge in [0.25, 0.3) is 5.91 Å². The number of carbonyl (C=O) groups excluding carboxylic acids is 1. The van der Waals surface area contributed by atoms with E-state index < -0.39 is 10.0 Å². The standard InChI is InChI=1S/C23H27N5O3S/c1-15-13-19(16-10-11-16)24-22-14-20(25-28(15)22)21-9-5-6-12-27(21)23(29)17-7-3-4-8-18(17)26-32(2,30)31/h3-4,7-8,13-14,16,21,26H,5-6,9-12H2,1-2H3/t21-/m1/s1. The highest BCUT2D eigenvalue weighted by molar-refractivity contribution is 7.92. The van der Waals surface area contributed by atoms with Crippen LogP contribution in [0.2, 0.25) is 0 Å². The van der Waals surface area contributed by atoms with E-state index in [4.69, 9.17) is 10.1 Å². The van der Waals surface area contributed by atoms with Crippen molar-refractivity contribution in [3.8, 4) is 0 Å². The molecule has 2 aliphatic rings. The predicted molar refractivity (Wildman–Crippen MR) is 122 cm³/mol. The second kappa shape index (κ2) is 7.88. The minimum absolute atomic E-state index is 0.173. The first-order chi connectivity index (χ1) is 15.3. The molecule has 0 radical (unpaired) electrons. The first-order valence-corrected chi connectivity index (χ1v) is 12.9. The van der Waals surface area contributed by atoms with Gasteiger partial charge in [0.15, 0.2) is 5.65 Å². The summed E-state index contributed by atoms with van der Waals surface area (Å²) in [7, 11) is -3.50. The molecule has 168 valence electrons. The molecule has 1 aliphatic heterocycles. The summed E-state index contributed by atoms with van der Waals surface area (Å²) in [6, 6.07) is 10.7. The third-order valence-electron chi connectivity index (χ3n) is 6.20. The van der Waals surface area contributed by atoms with E-state index in [2.05, 4.69) is 10.8 Å². The molecule has 0 spiro atoms. The lowest BCUT2D eigenvalue weighted by molar-refractivity contribution is 0.0607. The molecule has 3 aromatic rings. The monoisotopic (exact) mass is 453 g/mol. The van der Waals surface area contributed by atoms with E-state index in [0.29, 0.717) is 23.7 Å². The van der Waals surface area contributed by atoms with Crippen LogP contribution < -0.4 is 4.72 Å². The number of piperidine rings is 1. The van der Waals surface area contributed by atoms with Crippen LogP contribution >= 0.6 is 0 Å². The van der Waals surface area contributed by atoms with Crippen LogP contribution in [0.1, 0.15) is 71.5 Å². The van der Waals surface area contributed by atoms with Crippen molar-refractivity contribution in [2.24, 2.45) is 0 Å². The summed E-state index contributed by atoms with van der Waals surface area (Å²) in [6.45, 7) is 2.64. The molecular weight excluding hydrogens is 426 g/mol. The summed E-state index contributed by atoms with van der Waals surface area (Å²) in [6.07, 6.45) is 6.18. The number of hydrogen-bond donors (Lipinski definition) is 1. The third-order valence-corrected chi connectivity index (χ3v) is 6.79. The Morgan fingerprint density at radius 2 is 1.88 bits per heavy atom. The zero-order valence-electron chi connectivity index (χ0n) is 18.3.